The van der Waals surface area contributed by atoms with Crippen LogP contribution < -0.4 is 0 Å². The van der Waals surface area contributed by atoms with Crippen molar-refractivity contribution in [2.75, 3.05) is 13.2 Å². The molecule has 0 bridgehead atoms. The van der Waals surface area contributed by atoms with Crippen LogP contribution in [0.2, 0.25) is 0 Å². The molecule has 16 heavy (non-hydrogen) atoms. The van der Waals surface area contributed by atoms with Crippen molar-refractivity contribution in [2.45, 2.75) is 25.2 Å². The topological polar surface area (TPSA) is 9.23 Å². The zero-order valence-corrected chi connectivity index (χ0v) is 10.6. The van der Waals surface area contributed by atoms with E-state index in [1.807, 2.05) is 6.07 Å². The third kappa shape index (κ3) is 1.70. The third-order valence-electron chi connectivity index (χ3n) is 3.88. The Hall–Kier alpha value is -0.410. The first-order chi connectivity index (χ1) is 7.71. The van der Waals surface area contributed by atoms with Gasteiger partial charge < -0.3 is 4.74 Å². The van der Waals surface area contributed by atoms with Gasteiger partial charge in [0, 0.05) is 16.5 Å². The van der Waals surface area contributed by atoms with Gasteiger partial charge in [-0.2, -0.15) is 0 Å². The Kier molecular flexibility index (Phi) is 2.55. The maximum Gasteiger partial charge on any atom is 0.124 e. The summed E-state index contributed by atoms with van der Waals surface area (Å²) in [6.45, 7) is 1.78. The molecule has 1 spiro atoms. The number of halogens is 2. The molecular weight excluding hydrogens is 271 g/mol. The van der Waals surface area contributed by atoms with Crippen LogP contribution in [-0.2, 0) is 4.74 Å². The monoisotopic (exact) mass is 284 g/mol. The lowest BCUT2D eigenvalue weighted by atomic mass is 9.93. The predicted octanol–water partition coefficient (Wildman–Crippen LogP) is 3.87. The van der Waals surface area contributed by atoms with Crippen molar-refractivity contribution in [3.63, 3.8) is 0 Å². The van der Waals surface area contributed by atoms with Crippen molar-refractivity contribution >= 4 is 15.9 Å². The Morgan fingerprint density at radius 2 is 2.31 bits per heavy atom. The summed E-state index contributed by atoms with van der Waals surface area (Å²) in [6.07, 6.45) is 3.61. The summed E-state index contributed by atoms with van der Waals surface area (Å²) in [5, 5.41) is 0. The van der Waals surface area contributed by atoms with E-state index in [2.05, 4.69) is 15.9 Å². The van der Waals surface area contributed by atoms with Crippen LogP contribution in [0, 0.1) is 11.2 Å². The molecule has 2 unspecified atom stereocenters. The van der Waals surface area contributed by atoms with E-state index in [1.54, 1.807) is 12.1 Å². The van der Waals surface area contributed by atoms with Gasteiger partial charge in [-0.05, 0) is 42.9 Å². The standard InChI is InChI=1S/C13H14BrFO/c14-12-6-9(15)2-3-10(12)11-7-13(11)4-1-5-16-8-13/h2-3,6,11H,1,4-5,7-8H2. The van der Waals surface area contributed by atoms with Gasteiger partial charge in [0.1, 0.15) is 5.82 Å². The van der Waals surface area contributed by atoms with Crippen LogP contribution >= 0.6 is 15.9 Å². The molecule has 1 saturated heterocycles. The van der Waals surface area contributed by atoms with E-state index in [-0.39, 0.29) is 5.82 Å². The lowest BCUT2D eigenvalue weighted by Crippen LogP contribution is -2.20. The van der Waals surface area contributed by atoms with Crippen LogP contribution in [0.3, 0.4) is 0 Å². The molecule has 2 aliphatic rings. The molecule has 2 fully saturated rings. The minimum absolute atomic E-state index is 0.176. The maximum absolute atomic E-state index is 13.0. The Bertz CT molecular complexity index is 412. The highest BCUT2D eigenvalue weighted by molar-refractivity contribution is 9.10. The molecule has 2 atom stereocenters. The molecule has 1 aliphatic heterocycles. The number of ether oxygens (including phenoxy) is 1. The molecule has 0 radical (unpaired) electrons. The lowest BCUT2D eigenvalue weighted by molar-refractivity contribution is 0.0408. The van der Waals surface area contributed by atoms with E-state index < -0.39 is 0 Å². The van der Waals surface area contributed by atoms with E-state index in [0.29, 0.717) is 11.3 Å². The van der Waals surface area contributed by atoms with Crippen molar-refractivity contribution in [3.8, 4) is 0 Å². The van der Waals surface area contributed by atoms with Crippen LogP contribution in [0.15, 0.2) is 22.7 Å². The number of hydrogen-bond acceptors (Lipinski definition) is 1. The molecule has 86 valence electrons. The summed E-state index contributed by atoms with van der Waals surface area (Å²) < 4.78 is 19.5. The van der Waals surface area contributed by atoms with Gasteiger partial charge in [-0.15, -0.1) is 0 Å². The van der Waals surface area contributed by atoms with Crippen molar-refractivity contribution in [3.05, 3.63) is 34.1 Å². The maximum atomic E-state index is 13.0. The number of rotatable bonds is 1. The van der Waals surface area contributed by atoms with Gasteiger partial charge in [-0.1, -0.05) is 22.0 Å². The molecule has 0 N–H and O–H groups in total. The second kappa shape index (κ2) is 3.81. The minimum atomic E-state index is -0.176. The highest BCUT2D eigenvalue weighted by atomic mass is 79.9. The highest BCUT2D eigenvalue weighted by Gasteiger charge is 2.55. The van der Waals surface area contributed by atoms with Crippen LogP contribution in [0.25, 0.3) is 0 Å². The highest BCUT2D eigenvalue weighted by Crippen LogP contribution is 2.64. The SMILES string of the molecule is Fc1ccc(C2CC23CCCOC3)c(Br)c1. The van der Waals surface area contributed by atoms with Crippen LogP contribution in [0.4, 0.5) is 4.39 Å². The molecule has 3 rings (SSSR count). The summed E-state index contributed by atoms with van der Waals surface area (Å²) in [5.41, 5.74) is 1.60. The van der Waals surface area contributed by atoms with Crippen molar-refractivity contribution in [2.24, 2.45) is 5.41 Å². The second-order valence-corrected chi connectivity index (χ2v) is 5.80. The van der Waals surface area contributed by atoms with Gasteiger partial charge in [0.15, 0.2) is 0 Å². The van der Waals surface area contributed by atoms with Crippen LogP contribution in [-0.4, -0.2) is 13.2 Å². The quantitative estimate of drug-likeness (QED) is 0.761. The molecule has 1 heterocycles. The molecule has 3 heteroatoms. The Morgan fingerprint density at radius 1 is 1.44 bits per heavy atom. The minimum Gasteiger partial charge on any atom is -0.381 e. The molecule has 1 aromatic rings. The molecule has 1 aromatic carbocycles. The van der Waals surface area contributed by atoms with E-state index in [1.165, 1.54) is 18.4 Å². The Morgan fingerprint density at radius 3 is 3.00 bits per heavy atom. The van der Waals surface area contributed by atoms with Crippen LogP contribution in [0.5, 0.6) is 0 Å². The fourth-order valence-corrected chi connectivity index (χ4v) is 3.51. The van der Waals surface area contributed by atoms with Gasteiger partial charge in [0.25, 0.3) is 0 Å². The fourth-order valence-electron chi connectivity index (χ4n) is 2.88. The van der Waals surface area contributed by atoms with Gasteiger partial charge in [-0.25, -0.2) is 4.39 Å². The summed E-state index contributed by atoms with van der Waals surface area (Å²) in [6, 6.07) is 5.02. The zero-order chi connectivity index (χ0) is 11.2. The number of hydrogen-bond donors (Lipinski definition) is 0. The summed E-state index contributed by atoms with van der Waals surface area (Å²) in [4.78, 5) is 0. The fraction of sp³-hybridized carbons (Fsp3) is 0.538. The van der Waals surface area contributed by atoms with E-state index >= 15 is 0 Å². The number of benzene rings is 1. The summed E-state index contributed by atoms with van der Waals surface area (Å²) >= 11 is 3.46. The Balaban J connectivity index is 1.84. The zero-order valence-electron chi connectivity index (χ0n) is 9.01. The molecule has 1 nitrogen and oxygen atoms in total. The smallest absolute Gasteiger partial charge is 0.124 e. The molecule has 0 aromatic heterocycles. The van der Waals surface area contributed by atoms with E-state index in [0.717, 1.165) is 24.1 Å². The first kappa shape index (κ1) is 10.7. The van der Waals surface area contributed by atoms with Crippen LogP contribution in [0.1, 0.15) is 30.7 Å². The molecule has 1 saturated carbocycles. The van der Waals surface area contributed by atoms with Crippen molar-refractivity contribution in [1.29, 1.82) is 0 Å². The largest absolute Gasteiger partial charge is 0.381 e. The molecule has 1 aliphatic carbocycles. The molecular formula is C13H14BrFO. The summed E-state index contributed by atoms with van der Waals surface area (Å²) in [7, 11) is 0. The van der Waals surface area contributed by atoms with Gasteiger partial charge in [0.05, 0.1) is 6.61 Å². The summed E-state index contributed by atoms with van der Waals surface area (Å²) in [5.74, 6) is 0.382. The first-order valence-electron chi connectivity index (χ1n) is 5.74. The average Bonchev–Trinajstić information content (AvgIpc) is 2.93. The van der Waals surface area contributed by atoms with Crippen molar-refractivity contribution in [1.82, 2.24) is 0 Å². The van der Waals surface area contributed by atoms with Gasteiger partial charge >= 0.3 is 0 Å². The second-order valence-electron chi connectivity index (χ2n) is 4.94. The van der Waals surface area contributed by atoms with Gasteiger partial charge in [0.2, 0.25) is 0 Å². The van der Waals surface area contributed by atoms with Gasteiger partial charge in [-0.3, -0.25) is 0 Å². The van der Waals surface area contributed by atoms with E-state index in [9.17, 15) is 4.39 Å². The third-order valence-corrected chi connectivity index (χ3v) is 4.57. The Labute approximate surface area is 103 Å². The van der Waals surface area contributed by atoms with Crippen molar-refractivity contribution < 1.29 is 9.13 Å². The predicted molar refractivity (Wildman–Crippen MR) is 63.9 cm³/mol. The average molecular weight is 285 g/mol. The normalized spacial score (nSPS) is 33.0. The first-order valence-corrected chi connectivity index (χ1v) is 6.53. The molecule has 0 amide bonds. The lowest BCUT2D eigenvalue weighted by Gasteiger charge is -2.23. The van der Waals surface area contributed by atoms with E-state index in [4.69, 9.17) is 4.74 Å².